The number of amides is 3. The van der Waals surface area contributed by atoms with Crippen LogP contribution >= 0.6 is 11.5 Å². The highest BCUT2D eigenvalue weighted by Crippen LogP contribution is 2.30. The molecule has 0 aromatic carbocycles. The second-order valence-corrected chi connectivity index (χ2v) is 7.18. The number of carbonyl (C=O) groups is 2. The second kappa shape index (κ2) is 13.6. The lowest BCUT2D eigenvalue weighted by Crippen LogP contribution is -2.31. The van der Waals surface area contributed by atoms with Crippen LogP contribution in [0.3, 0.4) is 0 Å². The summed E-state index contributed by atoms with van der Waals surface area (Å²) in [5.41, 5.74) is 4.72. The van der Waals surface area contributed by atoms with E-state index in [0.717, 1.165) is 50.4 Å². The van der Waals surface area contributed by atoms with Crippen LogP contribution in [0.25, 0.3) is 0 Å². The third kappa shape index (κ3) is 8.46. The molecule has 4 N–H and O–H groups in total. The number of nitrogens with one attached hydrogen (secondary N) is 2. The number of aromatic nitrogens is 1. The number of anilines is 1. The summed E-state index contributed by atoms with van der Waals surface area (Å²) in [6, 6.07) is -0.518. The average Bonchev–Trinajstić information content (AvgIpc) is 3.09. The van der Waals surface area contributed by atoms with Gasteiger partial charge in [0.05, 0.1) is 11.9 Å². The zero-order valence-electron chi connectivity index (χ0n) is 17.3. The fourth-order valence-electron chi connectivity index (χ4n) is 2.55. The van der Waals surface area contributed by atoms with Crippen molar-refractivity contribution in [1.82, 2.24) is 14.6 Å². The van der Waals surface area contributed by atoms with Gasteiger partial charge in [-0.05, 0) is 50.4 Å². The minimum Gasteiger partial charge on any atom is -0.471 e. The molecule has 0 aliphatic carbocycles. The summed E-state index contributed by atoms with van der Waals surface area (Å²) >= 11 is 0.773. The highest BCUT2D eigenvalue weighted by molar-refractivity contribution is 7.11. The van der Waals surface area contributed by atoms with E-state index in [1.54, 1.807) is 0 Å². The van der Waals surface area contributed by atoms with E-state index in [1.807, 2.05) is 0 Å². The zero-order chi connectivity index (χ0) is 22.5. The fourth-order valence-corrected chi connectivity index (χ4v) is 3.28. The average molecular weight is 446 g/mol. The molecule has 30 heavy (non-hydrogen) atoms. The molecule has 11 heteroatoms. The first kappa shape index (κ1) is 25.5. The van der Waals surface area contributed by atoms with Crippen LogP contribution in [0.5, 0.6) is 5.88 Å². The van der Waals surface area contributed by atoms with E-state index in [2.05, 4.69) is 40.3 Å². The van der Waals surface area contributed by atoms with Gasteiger partial charge in [-0.1, -0.05) is 20.4 Å². The molecule has 0 atom stereocenters. The minimum absolute atomic E-state index is 0.00718. The van der Waals surface area contributed by atoms with Crippen molar-refractivity contribution in [1.29, 1.82) is 0 Å². The Balaban J connectivity index is 2.56. The molecule has 0 aliphatic heterocycles. The molecule has 168 valence electrons. The van der Waals surface area contributed by atoms with Crippen LogP contribution < -0.4 is 21.1 Å². The lowest BCUT2D eigenvalue weighted by atomic mass is 10.2. The van der Waals surface area contributed by atoms with Crippen LogP contribution in [0.4, 0.5) is 18.6 Å². The lowest BCUT2D eigenvalue weighted by molar-refractivity contribution is 0.0997. The van der Waals surface area contributed by atoms with Gasteiger partial charge in [-0.3, -0.25) is 10.1 Å². The molecule has 1 aromatic rings. The summed E-state index contributed by atoms with van der Waals surface area (Å²) in [4.78, 5) is 26.2. The van der Waals surface area contributed by atoms with Crippen molar-refractivity contribution in [2.45, 2.75) is 33.1 Å². The van der Waals surface area contributed by atoms with E-state index in [4.69, 9.17) is 10.5 Å². The number of rotatable bonds is 14. The number of urea groups is 1. The summed E-state index contributed by atoms with van der Waals surface area (Å²) in [6.45, 7) is 10.2. The monoisotopic (exact) mass is 445 g/mol. The molecule has 0 fully saturated rings. The van der Waals surface area contributed by atoms with E-state index in [-0.39, 0.29) is 22.8 Å². The molecule has 3 amide bonds. The van der Waals surface area contributed by atoms with E-state index in [1.165, 1.54) is 0 Å². The number of halogens is 2. The molecule has 0 bridgehead atoms. The van der Waals surface area contributed by atoms with E-state index >= 15 is 0 Å². The first-order valence-electron chi connectivity index (χ1n) is 9.67. The molecule has 8 nitrogen and oxygen atoms in total. The molecule has 1 heterocycles. The van der Waals surface area contributed by atoms with Crippen molar-refractivity contribution in [2.24, 2.45) is 5.73 Å². The third-order valence-corrected chi connectivity index (χ3v) is 4.90. The molecule has 1 aromatic heterocycles. The molecular weight excluding hydrogens is 416 g/mol. The predicted molar refractivity (Wildman–Crippen MR) is 114 cm³/mol. The molecule has 1 rings (SSSR count). The van der Waals surface area contributed by atoms with Gasteiger partial charge in [0, 0.05) is 6.54 Å². The normalized spacial score (nSPS) is 11.4. The van der Waals surface area contributed by atoms with Crippen LogP contribution in [-0.2, 0) is 0 Å². The fraction of sp³-hybridized carbons (Fsp3) is 0.526. The molecule has 0 radical (unpaired) electrons. The Hall–Kier alpha value is -2.53. The van der Waals surface area contributed by atoms with Gasteiger partial charge in [0.1, 0.15) is 23.0 Å². The smallest absolute Gasteiger partial charge is 0.319 e. The standard InChI is InChI=1S/C19H29F2N5O3S/c1-4-9-26(5-2)10-7-6-8-23-19(28)24-18-15(16(22)27)17(25-30-18)29-12-14(11-20)13(3)21/h11H,3-10,12H2,1-2H3,(H2,22,27)(H2,23,24,28)/b14-11+. The van der Waals surface area contributed by atoms with Crippen molar-refractivity contribution in [3.63, 3.8) is 0 Å². The highest BCUT2D eigenvalue weighted by atomic mass is 32.1. The Kier molecular flexibility index (Phi) is 11.6. The molecular formula is C19H29F2N5O3S. The molecule has 0 unspecified atom stereocenters. The van der Waals surface area contributed by atoms with Crippen molar-refractivity contribution < 1.29 is 23.1 Å². The Morgan fingerprint density at radius 2 is 2.07 bits per heavy atom. The number of unbranched alkanes of at least 4 members (excludes halogenated alkanes) is 1. The summed E-state index contributed by atoms with van der Waals surface area (Å²) in [5.74, 6) is -2.13. The van der Waals surface area contributed by atoms with Gasteiger partial charge in [-0.2, -0.15) is 4.37 Å². The first-order chi connectivity index (χ1) is 14.3. The minimum atomic E-state index is -1.01. The highest BCUT2D eigenvalue weighted by Gasteiger charge is 2.22. The third-order valence-electron chi connectivity index (χ3n) is 4.15. The largest absolute Gasteiger partial charge is 0.471 e. The first-order valence-corrected chi connectivity index (χ1v) is 10.4. The maximum absolute atomic E-state index is 13.0. The summed E-state index contributed by atoms with van der Waals surface area (Å²) in [5, 5.41) is 5.29. The maximum Gasteiger partial charge on any atom is 0.319 e. The van der Waals surface area contributed by atoms with Gasteiger partial charge in [0.15, 0.2) is 0 Å². The van der Waals surface area contributed by atoms with Crippen molar-refractivity contribution in [3.05, 3.63) is 29.9 Å². The van der Waals surface area contributed by atoms with Gasteiger partial charge < -0.3 is 20.7 Å². The van der Waals surface area contributed by atoms with Crippen LogP contribution in [0.2, 0.25) is 0 Å². The van der Waals surface area contributed by atoms with E-state index in [0.29, 0.717) is 6.54 Å². The van der Waals surface area contributed by atoms with Gasteiger partial charge in [0.2, 0.25) is 5.88 Å². The van der Waals surface area contributed by atoms with Crippen LogP contribution in [-0.4, -0.2) is 54.0 Å². The van der Waals surface area contributed by atoms with Crippen molar-refractivity contribution >= 4 is 28.5 Å². The molecule has 0 spiro atoms. The summed E-state index contributed by atoms with van der Waals surface area (Å²) in [7, 11) is 0. The number of primary amides is 1. The van der Waals surface area contributed by atoms with Crippen molar-refractivity contribution in [3.8, 4) is 5.88 Å². The number of carbonyl (C=O) groups excluding carboxylic acids is 2. The Labute approximate surface area is 179 Å². The summed E-state index contributed by atoms with van der Waals surface area (Å²) < 4.78 is 34.7. The quantitative estimate of drug-likeness (QED) is 0.299. The molecule has 0 aliphatic rings. The Morgan fingerprint density at radius 3 is 2.63 bits per heavy atom. The number of nitrogens with zero attached hydrogens (tertiary/aromatic N) is 2. The second-order valence-electron chi connectivity index (χ2n) is 6.41. The topological polar surface area (TPSA) is 110 Å². The van der Waals surface area contributed by atoms with Crippen molar-refractivity contribution in [2.75, 3.05) is 38.1 Å². The van der Waals surface area contributed by atoms with Gasteiger partial charge in [-0.25, -0.2) is 13.6 Å². The number of nitrogens with two attached hydrogens (primary N) is 1. The van der Waals surface area contributed by atoms with Crippen LogP contribution in [0, 0.1) is 0 Å². The number of hydrogen-bond donors (Lipinski definition) is 3. The Morgan fingerprint density at radius 1 is 1.33 bits per heavy atom. The molecule has 0 saturated heterocycles. The van der Waals surface area contributed by atoms with Gasteiger partial charge in [-0.15, -0.1) is 0 Å². The maximum atomic E-state index is 13.0. The van der Waals surface area contributed by atoms with Gasteiger partial charge in [0.25, 0.3) is 5.91 Å². The zero-order valence-corrected chi connectivity index (χ0v) is 18.1. The van der Waals surface area contributed by atoms with Crippen LogP contribution in [0.15, 0.2) is 24.3 Å². The van der Waals surface area contributed by atoms with E-state index in [9.17, 15) is 18.4 Å². The predicted octanol–water partition coefficient (Wildman–Crippen LogP) is 3.59. The number of ether oxygens (including phenoxy) is 1. The Bertz CT molecular complexity index is 755. The lowest BCUT2D eigenvalue weighted by Gasteiger charge is -2.19. The summed E-state index contributed by atoms with van der Waals surface area (Å²) in [6.07, 6.45) is 2.86. The van der Waals surface area contributed by atoms with Crippen LogP contribution in [0.1, 0.15) is 43.5 Å². The van der Waals surface area contributed by atoms with E-state index < -0.39 is 29.9 Å². The molecule has 0 saturated carbocycles. The SMILES string of the molecule is C=C(F)/C(=C/F)COc1nsc(NC(=O)NCCCCN(CC)CCC)c1C(N)=O. The number of hydrogen-bond acceptors (Lipinski definition) is 6. The van der Waals surface area contributed by atoms with Gasteiger partial charge >= 0.3 is 6.03 Å².